The standard InChI is InChI=1S/C17H36N2O3/c1-12(2)22-11-16(4,5)17(6,19)13(3)14(15(20)21)9-7-8-10-18/h12-14H,7-11,18-19H2,1-6H3,(H,20,21)/t13?,14-,17?/m1/s1. The zero-order chi connectivity index (χ0) is 17.6. The van der Waals surface area contributed by atoms with Crippen LogP contribution in [0.1, 0.15) is 60.8 Å². The average molecular weight is 316 g/mol. The van der Waals surface area contributed by atoms with Gasteiger partial charge < -0.3 is 21.3 Å². The van der Waals surface area contributed by atoms with Crippen LogP contribution >= 0.6 is 0 Å². The lowest BCUT2D eigenvalue weighted by atomic mass is 9.63. The summed E-state index contributed by atoms with van der Waals surface area (Å²) in [5.74, 6) is -1.39. The number of hydrogen-bond donors (Lipinski definition) is 3. The van der Waals surface area contributed by atoms with Crippen LogP contribution in [0, 0.1) is 17.3 Å². The van der Waals surface area contributed by atoms with Gasteiger partial charge in [-0.15, -0.1) is 0 Å². The summed E-state index contributed by atoms with van der Waals surface area (Å²) in [4.78, 5) is 11.7. The topological polar surface area (TPSA) is 98.6 Å². The molecule has 2 unspecified atom stereocenters. The van der Waals surface area contributed by atoms with Gasteiger partial charge in [0.05, 0.1) is 18.6 Å². The SMILES string of the molecule is CC(C)OCC(C)(C)C(C)(N)C(C)[C@@H](CCCCN)C(=O)O. The fourth-order valence-electron chi connectivity index (χ4n) is 2.66. The van der Waals surface area contributed by atoms with Crippen molar-refractivity contribution < 1.29 is 14.6 Å². The fourth-order valence-corrected chi connectivity index (χ4v) is 2.66. The Labute approximate surface area is 135 Å². The maximum Gasteiger partial charge on any atom is 0.306 e. The summed E-state index contributed by atoms with van der Waals surface area (Å²) in [6.07, 6.45) is 2.40. The van der Waals surface area contributed by atoms with Gasteiger partial charge in [-0.2, -0.15) is 0 Å². The molecule has 0 radical (unpaired) electrons. The van der Waals surface area contributed by atoms with E-state index in [9.17, 15) is 9.90 Å². The van der Waals surface area contributed by atoms with Crippen molar-refractivity contribution in [2.75, 3.05) is 13.2 Å². The van der Waals surface area contributed by atoms with Crippen molar-refractivity contribution in [3.05, 3.63) is 0 Å². The average Bonchev–Trinajstić information content (AvgIpc) is 2.40. The Hall–Kier alpha value is -0.650. The van der Waals surface area contributed by atoms with E-state index in [2.05, 4.69) is 0 Å². The highest BCUT2D eigenvalue weighted by Crippen LogP contribution is 2.40. The number of unbranched alkanes of at least 4 members (excludes halogenated alkanes) is 1. The largest absolute Gasteiger partial charge is 0.481 e. The van der Waals surface area contributed by atoms with Crippen LogP contribution in [0.5, 0.6) is 0 Å². The summed E-state index contributed by atoms with van der Waals surface area (Å²) in [5.41, 5.74) is 11.1. The third kappa shape index (κ3) is 5.86. The van der Waals surface area contributed by atoms with Gasteiger partial charge in [-0.1, -0.05) is 27.2 Å². The number of aliphatic carboxylic acids is 1. The van der Waals surface area contributed by atoms with E-state index in [1.165, 1.54) is 0 Å². The molecule has 0 amide bonds. The molecule has 0 aliphatic heterocycles. The van der Waals surface area contributed by atoms with Crippen LogP contribution in [0.4, 0.5) is 0 Å². The molecule has 0 aliphatic carbocycles. The first-order chi connectivity index (χ1) is 9.97. The molecule has 22 heavy (non-hydrogen) atoms. The Kier molecular flexibility index (Phi) is 8.58. The number of ether oxygens (including phenoxy) is 1. The van der Waals surface area contributed by atoms with Gasteiger partial charge in [0, 0.05) is 11.0 Å². The van der Waals surface area contributed by atoms with Crippen molar-refractivity contribution in [1.29, 1.82) is 0 Å². The molecule has 0 saturated heterocycles. The number of carboxylic acids is 1. The van der Waals surface area contributed by atoms with Crippen molar-refractivity contribution in [1.82, 2.24) is 0 Å². The van der Waals surface area contributed by atoms with E-state index in [1.807, 2.05) is 41.5 Å². The van der Waals surface area contributed by atoms with Crippen molar-refractivity contribution in [2.45, 2.75) is 72.4 Å². The molecule has 0 rings (SSSR count). The molecule has 0 aromatic carbocycles. The third-order valence-corrected chi connectivity index (χ3v) is 5.07. The van der Waals surface area contributed by atoms with Gasteiger partial charge in [-0.25, -0.2) is 0 Å². The van der Waals surface area contributed by atoms with Gasteiger partial charge in [0.25, 0.3) is 0 Å². The summed E-state index contributed by atoms with van der Waals surface area (Å²) in [6.45, 7) is 13.1. The predicted molar refractivity (Wildman–Crippen MR) is 90.7 cm³/mol. The van der Waals surface area contributed by atoms with Crippen molar-refractivity contribution in [3.63, 3.8) is 0 Å². The van der Waals surface area contributed by atoms with Gasteiger partial charge in [-0.3, -0.25) is 4.79 Å². The molecule has 0 aromatic heterocycles. The molecule has 0 aliphatic rings. The molecular weight excluding hydrogens is 280 g/mol. The summed E-state index contributed by atoms with van der Waals surface area (Å²) in [5, 5.41) is 9.57. The van der Waals surface area contributed by atoms with Gasteiger partial charge >= 0.3 is 5.97 Å². The molecule has 5 nitrogen and oxygen atoms in total. The second-order valence-electron chi connectivity index (χ2n) is 7.54. The van der Waals surface area contributed by atoms with E-state index in [0.29, 0.717) is 19.6 Å². The number of rotatable bonds is 11. The molecule has 5 heteroatoms. The van der Waals surface area contributed by atoms with E-state index in [0.717, 1.165) is 12.8 Å². The first-order valence-electron chi connectivity index (χ1n) is 8.30. The molecule has 0 spiro atoms. The van der Waals surface area contributed by atoms with Crippen LogP contribution < -0.4 is 11.5 Å². The highest BCUT2D eigenvalue weighted by Gasteiger charge is 2.46. The minimum Gasteiger partial charge on any atom is -0.481 e. The second-order valence-corrected chi connectivity index (χ2v) is 7.54. The zero-order valence-corrected chi connectivity index (χ0v) is 15.2. The van der Waals surface area contributed by atoms with Gasteiger partial charge in [0.2, 0.25) is 0 Å². The first kappa shape index (κ1) is 21.4. The molecule has 0 aromatic rings. The van der Waals surface area contributed by atoms with Crippen LogP contribution in [0.15, 0.2) is 0 Å². The van der Waals surface area contributed by atoms with E-state index >= 15 is 0 Å². The molecule has 0 bridgehead atoms. The Balaban J connectivity index is 5.06. The Morgan fingerprint density at radius 3 is 2.14 bits per heavy atom. The Morgan fingerprint density at radius 2 is 1.73 bits per heavy atom. The quantitative estimate of drug-likeness (QED) is 0.509. The fraction of sp³-hybridized carbons (Fsp3) is 0.941. The monoisotopic (exact) mass is 316 g/mol. The first-order valence-corrected chi connectivity index (χ1v) is 8.30. The lowest BCUT2D eigenvalue weighted by Crippen LogP contribution is -2.59. The smallest absolute Gasteiger partial charge is 0.306 e. The zero-order valence-electron chi connectivity index (χ0n) is 15.2. The van der Waals surface area contributed by atoms with Gasteiger partial charge in [-0.05, 0) is 46.1 Å². The van der Waals surface area contributed by atoms with Gasteiger partial charge in [0.1, 0.15) is 0 Å². The molecule has 0 saturated carbocycles. The van der Waals surface area contributed by atoms with Crippen molar-refractivity contribution in [2.24, 2.45) is 28.7 Å². The number of nitrogens with two attached hydrogens (primary N) is 2. The number of hydrogen-bond acceptors (Lipinski definition) is 4. The second kappa shape index (κ2) is 8.85. The maximum atomic E-state index is 11.7. The van der Waals surface area contributed by atoms with Crippen LogP contribution in [0.2, 0.25) is 0 Å². The van der Waals surface area contributed by atoms with Crippen LogP contribution in [0.3, 0.4) is 0 Å². The molecule has 5 N–H and O–H groups in total. The number of carboxylic acid groups (broad SMARTS) is 1. The molecule has 0 fully saturated rings. The highest BCUT2D eigenvalue weighted by atomic mass is 16.5. The molecule has 0 heterocycles. The van der Waals surface area contributed by atoms with Crippen LogP contribution in [0.25, 0.3) is 0 Å². The lowest BCUT2D eigenvalue weighted by Gasteiger charge is -2.47. The van der Waals surface area contributed by atoms with Gasteiger partial charge in [0.15, 0.2) is 0 Å². The van der Waals surface area contributed by atoms with E-state index in [4.69, 9.17) is 16.2 Å². The number of carbonyl (C=O) groups is 1. The molecule has 3 atom stereocenters. The van der Waals surface area contributed by atoms with Crippen LogP contribution in [-0.2, 0) is 9.53 Å². The van der Waals surface area contributed by atoms with E-state index < -0.39 is 17.4 Å². The van der Waals surface area contributed by atoms with Crippen LogP contribution in [-0.4, -0.2) is 35.9 Å². The van der Waals surface area contributed by atoms with E-state index in [-0.39, 0.29) is 17.4 Å². The summed E-state index contributed by atoms with van der Waals surface area (Å²) >= 11 is 0. The summed E-state index contributed by atoms with van der Waals surface area (Å²) in [7, 11) is 0. The summed E-state index contributed by atoms with van der Waals surface area (Å²) in [6, 6.07) is 0. The Morgan fingerprint density at radius 1 is 1.18 bits per heavy atom. The minimum absolute atomic E-state index is 0.130. The van der Waals surface area contributed by atoms with E-state index in [1.54, 1.807) is 0 Å². The Bertz CT molecular complexity index is 341. The summed E-state index contributed by atoms with van der Waals surface area (Å²) < 4.78 is 5.74. The van der Waals surface area contributed by atoms with Crippen molar-refractivity contribution >= 4 is 5.97 Å². The molecule has 132 valence electrons. The lowest BCUT2D eigenvalue weighted by molar-refractivity contribution is -0.146. The van der Waals surface area contributed by atoms with Crippen molar-refractivity contribution in [3.8, 4) is 0 Å². The minimum atomic E-state index is -0.776. The normalized spacial score (nSPS) is 18.0. The molecular formula is C17H36N2O3. The highest BCUT2D eigenvalue weighted by molar-refractivity contribution is 5.70. The third-order valence-electron chi connectivity index (χ3n) is 5.07. The maximum absolute atomic E-state index is 11.7. The predicted octanol–water partition coefficient (Wildman–Crippen LogP) is 2.62.